The van der Waals surface area contributed by atoms with Gasteiger partial charge in [-0.25, -0.2) is 9.18 Å². The zero-order valence-corrected chi connectivity index (χ0v) is 14.4. The molecule has 0 bridgehead atoms. The number of urea groups is 1. The van der Waals surface area contributed by atoms with E-state index in [1.807, 2.05) is 0 Å². The highest BCUT2D eigenvalue weighted by atomic mass is 19.1. The van der Waals surface area contributed by atoms with Gasteiger partial charge >= 0.3 is 6.03 Å². The van der Waals surface area contributed by atoms with Crippen molar-refractivity contribution >= 4 is 23.3 Å². The first-order chi connectivity index (χ1) is 12.6. The minimum Gasteiger partial charge on any atom is -0.335 e. The first-order valence-corrected chi connectivity index (χ1v) is 8.85. The topological polar surface area (TPSA) is 70.2 Å². The molecule has 3 amide bonds. The van der Waals surface area contributed by atoms with E-state index < -0.39 is 0 Å². The molecule has 5 nitrogen and oxygen atoms in total. The summed E-state index contributed by atoms with van der Waals surface area (Å²) in [7, 11) is 0. The fourth-order valence-electron chi connectivity index (χ4n) is 3.07. The molecule has 136 valence electrons. The quantitative estimate of drug-likeness (QED) is 0.754. The third-order valence-electron chi connectivity index (χ3n) is 4.43. The number of hydrogen-bond acceptors (Lipinski definition) is 2. The van der Waals surface area contributed by atoms with Crippen LogP contribution in [0.5, 0.6) is 0 Å². The maximum atomic E-state index is 12.9. The number of nitrogens with one attached hydrogen (secondary N) is 3. The van der Waals surface area contributed by atoms with Gasteiger partial charge in [0.15, 0.2) is 0 Å². The lowest BCUT2D eigenvalue weighted by Crippen LogP contribution is -2.39. The van der Waals surface area contributed by atoms with Gasteiger partial charge in [-0.05, 0) is 55.3 Å². The monoisotopic (exact) mass is 355 g/mol. The van der Waals surface area contributed by atoms with Crippen molar-refractivity contribution in [3.8, 4) is 0 Å². The Hall–Kier alpha value is -2.89. The minimum atomic E-state index is -0.363. The van der Waals surface area contributed by atoms with Crippen LogP contribution in [0.3, 0.4) is 0 Å². The molecule has 0 unspecified atom stereocenters. The fraction of sp³-hybridized carbons (Fsp3) is 0.300. The van der Waals surface area contributed by atoms with Crippen LogP contribution in [0.1, 0.15) is 42.5 Å². The number of carbonyl (C=O) groups is 2. The molecule has 26 heavy (non-hydrogen) atoms. The Bertz CT molecular complexity index is 771. The van der Waals surface area contributed by atoms with E-state index in [0.29, 0.717) is 16.9 Å². The SMILES string of the molecule is O=C(Nc1cccc(C(=O)Nc2ccc(F)cc2)c1)NC1CCCCC1. The Kier molecular flexibility index (Phi) is 5.84. The van der Waals surface area contributed by atoms with Crippen LogP contribution in [-0.4, -0.2) is 18.0 Å². The largest absolute Gasteiger partial charge is 0.335 e. The standard InChI is InChI=1S/C20H22FN3O2/c21-15-9-11-17(12-10-15)22-19(25)14-5-4-8-18(13-14)24-20(26)23-16-6-2-1-3-7-16/h4-5,8-13,16H,1-3,6-7H2,(H,22,25)(H2,23,24,26). The zero-order valence-electron chi connectivity index (χ0n) is 14.4. The van der Waals surface area contributed by atoms with Crippen molar-refractivity contribution in [3.63, 3.8) is 0 Å². The second-order valence-electron chi connectivity index (χ2n) is 6.48. The van der Waals surface area contributed by atoms with E-state index in [1.165, 1.54) is 30.7 Å². The maximum Gasteiger partial charge on any atom is 0.319 e. The van der Waals surface area contributed by atoms with Gasteiger partial charge in [0, 0.05) is 23.0 Å². The number of anilines is 2. The number of benzene rings is 2. The van der Waals surface area contributed by atoms with Crippen molar-refractivity contribution in [2.24, 2.45) is 0 Å². The molecule has 2 aromatic carbocycles. The normalized spacial score (nSPS) is 14.5. The third-order valence-corrected chi connectivity index (χ3v) is 4.43. The van der Waals surface area contributed by atoms with E-state index in [4.69, 9.17) is 0 Å². The minimum absolute atomic E-state index is 0.216. The molecule has 0 heterocycles. The van der Waals surface area contributed by atoms with Crippen molar-refractivity contribution in [1.82, 2.24) is 5.32 Å². The van der Waals surface area contributed by atoms with Gasteiger partial charge in [0.2, 0.25) is 0 Å². The fourth-order valence-corrected chi connectivity index (χ4v) is 3.07. The summed E-state index contributed by atoms with van der Waals surface area (Å²) in [6, 6.07) is 12.2. The molecule has 1 aliphatic rings. The molecule has 2 aromatic rings. The summed E-state index contributed by atoms with van der Waals surface area (Å²) in [5.41, 5.74) is 1.46. The molecule has 0 aromatic heterocycles. The molecule has 0 radical (unpaired) electrons. The van der Waals surface area contributed by atoms with E-state index in [-0.39, 0.29) is 23.8 Å². The van der Waals surface area contributed by atoms with Gasteiger partial charge in [0.1, 0.15) is 5.82 Å². The highest BCUT2D eigenvalue weighted by molar-refractivity contribution is 6.05. The van der Waals surface area contributed by atoms with Gasteiger partial charge in [0.25, 0.3) is 5.91 Å². The van der Waals surface area contributed by atoms with Gasteiger partial charge < -0.3 is 16.0 Å². The maximum absolute atomic E-state index is 12.9. The van der Waals surface area contributed by atoms with Gasteiger partial charge in [-0.2, -0.15) is 0 Å². The van der Waals surface area contributed by atoms with E-state index >= 15 is 0 Å². The second kappa shape index (κ2) is 8.47. The first-order valence-electron chi connectivity index (χ1n) is 8.85. The number of carbonyl (C=O) groups excluding carboxylic acids is 2. The summed E-state index contributed by atoms with van der Waals surface area (Å²) in [6.07, 6.45) is 5.53. The summed E-state index contributed by atoms with van der Waals surface area (Å²) in [6.45, 7) is 0. The lowest BCUT2D eigenvalue weighted by molar-refractivity contribution is 0.102. The molecule has 1 saturated carbocycles. The van der Waals surface area contributed by atoms with Gasteiger partial charge in [-0.1, -0.05) is 25.3 Å². The molecule has 3 rings (SSSR count). The van der Waals surface area contributed by atoms with Crippen molar-refractivity contribution in [2.75, 3.05) is 10.6 Å². The molecule has 0 spiro atoms. The molecule has 0 aliphatic heterocycles. The molecule has 0 saturated heterocycles. The van der Waals surface area contributed by atoms with Crippen molar-refractivity contribution < 1.29 is 14.0 Å². The Balaban J connectivity index is 1.59. The lowest BCUT2D eigenvalue weighted by Gasteiger charge is -2.22. The summed E-state index contributed by atoms with van der Waals surface area (Å²) in [5.74, 6) is -0.689. The van der Waals surface area contributed by atoms with Crippen molar-refractivity contribution in [2.45, 2.75) is 38.1 Å². The zero-order chi connectivity index (χ0) is 18.4. The van der Waals surface area contributed by atoms with Crippen LogP contribution in [0.4, 0.5) is 20.6 Å². The van der Waals surface area contributed by atoms with Crippen molar-refractivity contribution in [3.05, 3.63) is 59.9 Å². The Morgan fingerprint density at radius 1 is 0.885 bits per heavy atom. The Morgan fingerprint density at radius 2 is 1.62 bits per heavy atom. The van der Waals surface area contributed by atoms with E-state index in [1.54, 1.807) is 24.3 Å². The predicted molar refractivity (Wildman–Crippen MR) is 99.8 cm³/mol. The van der Waals surface area contributed by atoms with Crippen LogP contribution in [0.2, 0.25) is 0 Å². The van der Waals surface area contributed by atoms with Gasteiger partial charge in [0.05, 0.1) is 0 Å². The number of rotatable bonds is 4. The summed E-state index contributed by atoms with van der Waals surface area (Å²) < 4.78 is 12.9. The molecule has 6 heteroatoms. The molecular formula is C20H22FN3O2. The Morgan fingerprint density at radius 3 is 2.35 bits per heavy atom. The van der Waals surface area contributed by atoms with Gasteiger partial charge in [-0.3, -0.25) is 4.79 Å². The average Bonchev–Trinajstić information content (AvgIpc) is 2.64. The van der Waals surface area contributed by atoms with Gasteiger partial charge in [-0.15, -0.1) is 0 Å². The number of halogens is 1. The Labute approximate surface area is 152 Å². The van der Waals surface area contributed by atoms with E-state index in [9.17, 15) is 14.0 Å². The van der Waals surface area contributed by atoms with E-state index in [0.717, 1.165) is 25.7 Å². The van der Waals surface area contributed by atoms with Crippen LogP contribution >= 0.6 is 0 Å². The van der Waals surface area contributed by atoms with Crippen molar-refractivity contribution in [1.29, 1.82) is 0 Å². The van der Waals surface area contributed by atoms with Crippen LogP contribution in [0.25, 0.3) is 0 Å². The molecule has 1 fully saturated rings. The van der Waals surface area contributed by atoms with Crippen LogP contribution < -0.4 is 16.0 Å². The first kappa shape index (κ1) is 17.9. The molecule has 0 atom stereocenters. The summed E-state index contributed by atoms with van der Waals surface area (Å²) >= 11 is 0. The smallest absolute Gasteiger partial charge is 0.319 e. The summed E-state index contributed by atoms with van der Waals surface area (Å²) in [5, 5.41) is 8.45. The summed E-state index contributed by atoms with van der Waals surface area (Å²) in [4.78, 5) is 24.4. The van der Waals surface area contributed by atoms with E-state index in [2.05, 4.69) is 16.0 Å². The highest BCUT2D eigenvalue weighted by Crippen LogP contribution is 2.18. The van der Waals surface area contributed by atoms with Crippen LogP contribution in [0, 0.1) is 5.82 Å². The second-order valence-corrected chi connectivity index (χ2v) is 6.48. The highest BCUT2D eigenvalue weighted by Gasteiger charge is 2.16. The van der Waals surface area contributed by atoms with Crippen LogP contribution in [0.15, 0.2) is 48.5 Å². The molecular weight excluding hydrogens is 333 g/mol. The average molecular weight is 355 g/mol. The third kappa shape index (κ3) is 5.05. The predicted octanol–water partition coefficient (Wildman–Crippen LogP) is 4.53. The molecule has 3 N–H and O–H groups in total. The number of amides is 3. The van der Waals surface area contributed by atoms with Crippen LogP contribution in [-0.2, 0) is 0 Å². The lowest BCUT2D eigenvalue weighted by atomic mass is 9.96. The number of hydrogen-bond donors (Lipinski definition) is 3. The molecule has 1 aliphatic carbocycles.